The van der Waals surface area contributed by atoms with Crippen molar-refractivity contribution in [3.05, 3.63) is 35.9 Å². The Kier molecular flexibility index (Phi) is 6.49. The third-order valence-electron chi connectivity index (χ3n) is 3.22. The molecule has 0 saturated heterocycles. The topological polar surface area (TPSA) is 38.5 Å². The van der Waals surface area contributed by atoms with Crippen LogP contribution >= 0.6 is 0 Å². The van der Waals surface area contributed by atoms with Crippen molar-refractivity contribution < 1.29 is 4.74 Å². The summed E-state index contributed by atoms with van der Waals surface area (Å²) in [5.74, 6) is 0.628. The van der Waals surface area contributed by atoms with Crippen molar-refractivity contribution in [1.82, 2.24) is 4.90 Å². The zero-order valence-corrected chi connectivity index (χ0v) is 12.7. The van der Waals surface area contributed by atoms with Gasteiger partial charge in [-0.3, -0.25) is 4.90 Å². The van der Waals surface area contributed by atoms with E-state index >= 15 is 0 Å². The lowest BCUT2D eigenvalue weighted by Crippen LogP contribution is -2.47. The highest BCUT2D eigenvalue weighted by molar-refractivity contribution is 5.23. The highest BCUT2D eigenvalue weighted by Gasteiger charge is 2.24. The zero-order valence-electron chi connectivity index (χ0n) is 12.7. The Bertz CT molecular complexity index is 349. The number of nitrogens with two attached hydrogens (primary N) is 1. The molecule has 0 aliphatic rings. The predicted molar refractivity (Wildman–Crippen MR) is 81.1 cm³/mol. The average Bonchev–Trinajstić information content (AvgIpc) is 2.36. The van der Waals surface area contributed by atoms with Gasteiger partial charge in [0.1, 0.15) is 0 Å². The Morgan fingerprint density at radius 3 is 2.42 bits per heavy atom. The minimum Gasteiger partial charge on any atom is -0.383 e. The summed E-state index contributed by atoms with van der Waals surface area (Å²) < 4.78 is 5.19. The summed E-state index contributed by atoms with van der Waals surface area (Å²) in [4.78, 5) is 2.39. The molecule has 0 spiro atoms. The fraction of sp³-hybridized carbons (Fsp3) is 0.625. The van der Waals surface area contributed by atoms with E-state index in [-0.39, 0.29) is 5.54 Å². The lowest BCUT2D eigenvalue weighted by molar-refractivity contribution is 0.124. The van der Waals surface area contributed by atoms with Gasteiger partial charge in [-0.2, -0.15) is 0 Å². The van der Waals surface area contributed by atoms with Gasteiger partial charge in [0.15, 0.2) is 0 Å². The van der Waals surface area contributed by atoms with E-state index in [0.717, 1.165) is 26.2 Å². The Balaban J connectivity index is 2.70. The molecule has 0 heterocycles. The van der Waals surface area contributed by atoms with E-state index in [1.54, 1.807) is 7.11 Å². The number of hydrogen-bond acceptors (Lipinski definition) is 3. The first-order valence-corrected chi connectivity index (χ1v) is 7.01. The smallest absolute Gasteiger partial charge is 0.0589 e. The summed E-state index contributed by atoms with van der Waals surface area (Å²) in [7, 11) is 1.74. The van der Waals surface area contributed by atoms with Gasteiger partial charge in [0.2, 0.25) is 0 Å². The van der Waals surface area contributed by atoms with Gasteiger partial charge < -0.3 is 10.5 Å². The predicted octanol–water partition coefficient (Wildman–Crippen LogP) is 2.46. The summed E-state index contributed by atoms with van der Waals surface area (Å²) in [5, 5.41) is 0. The monoisotopic (exact) mass is 264 g/mol. The van der Waals surface area contributed by atoms with Crippen molar-refractivity contribution in [1.29, 1.82) is 0 Å². The fourth-order valence-electron chi connectivity index (χ4n) is 2.35. The molecule has 1 unspecified atom stereocenters. The molecular weight excluding hydrogens is 236 g/mol. The molecule has 1 aromatic rings. The average molecular weight is 264 g/mol. The van der Waals surface area contributed by atoms with Crippen LogP contribution in [0, 0.1) is 5.92 Å². The van der Waals surface area contributed by atoms with Crippen molar-refractivity contribution in [2.24, 2.45) is 11.7 Å². The lowest BCUT2D eigenvalue weighted by Gasteiger charge is -2.34. The van der Waals surface area contributed by atoms with Gasteiger partial charge >= 0.3 is 0 Å². The Morgan fingerprint density at radius 1 is 1.26 bits per heavy atom. The zero-order chi connectivity index (χ0) is 14.3. The maximum atomic E-state index is 6.50. The summed E-state index contributed by atoms with van der Waals surface area (Å²) in [6.07, 6.45) is 0. The molecule has 0 aromatic heterocycles. The highest BCUT2D eigenvalue weighted by Crippen LogP contribution is 2.19. The minimum absolute atomic E-state index is 0.329. The Labute approximate surface area is 117 Å². The first-order chi connectivity index (χ1) is 8.95. The Morgan fingerprint density at radius 2 is 1.89 bits per heavy atom. The van der Waals surface area contributed by atoms with Crippen molar-refractivity contribution in [3.8, 4) is 0 Å². The van der Waals surface area contributed by atoms with E-state index in [9.17, 15) is 0 Å². The SMILES string of the molecule is COCCN(CC(C)C)CC(C)(N)c1ccccc1. The largest absolute Gasteiger partial charge is 0.383 e. The third kappa shape index (κ3) is 5.72. The molecule has 19 heavy (non-hydrogen) atoms. The number of benzene rings is 1. The maximum absolute atomic E-state index is 6.50. The summed E-state index contributed by atoms with van der Waals surface area (Å²) in [6.45, 7) is 10.1. The molecule has 3 nitrogen and oxygen atoms in total. The van der Waals surface area contributed by atoms with Gasteiger partial charge in [0, 0.05) is 26.7 Å². The molecule has 0 aliphatic carbocycles. The van der Waals surface area contributed by atoms with Gasteiger partial charge in [-0.25, -0.2) is 0 Å². The van der Waals surface area contributed by atoms with Crippen LogP contribution in [0.3, 0.4) is 0 Å². The van der Waals surface area contributed by atoms with E-state index in [2.05, 4.69) is 37.8 Å². The quantitative estimate of drug-likeness (QED) is 0.784. The summed E-state index contributed by atoms with van der Waals surface area (Å²) >= 11 is 0. The lowest BCUT2D eigenvalue weighted by atomic mass is 9.92. The van der Waals surface area contributed by atoms with E-state index < -0.39 is 0 Å². The van der Waals surface area contributed by atoms with Gasteiger partial charge in [-0.1, -0.05) is 44.2 Å². The molecule has 1 atom stereocenters. The van der Waals surface area contributed by atoms with E-state index in [1.165, 1.54) is 5.56 Å². The molecule has 1 aromatic carbocycles. The van der Waals surface area contributed by atoms with Crippen molar-refractivity contribution >= 4 is 0 Å². The molecule has 0 bridgehead atoms. The van der Waals surface area contributed by atoms with Gasteiger partial charge in [-0.15, -0.1) is 0 Å². The standard InChI is InChI=1S/C16H28N2O/c1-14(2)12-18(10-11-19-4)13-16(3,17)15-8-6-5-7-9-15/h5-9,14H,10-13,17H2,1-4H3. The van der Waals surface area contributed by atoms with Crippen LogP contribution in [-0.4, -0.2) is 38.3 Å². The molecule has 3 heteroatoms. The fourth-order valence-corrected chi connectivity index (χ4v) is 2.35. The van der Waals surface area contributed by atoms with E-state index in [4.69, 9.17) is 10.5 Å². The van der Waals surface area contributed by atoms with Crippen molar-refractivity contribution in [2.75, 3.05) is 33.4 Å². The normalized spacial score (nSPS) is 14.9. The molecule has 2 N–H and O–H groups in total. The van der Waals surface area contributed by atoms with Gasteiger partial charge in [0.05, 0.1) is 12.1 Å². The van der Waals surface area contributed by atoms with Crippen LogP contribution in [0.15, 0.2) is 30.3 Å². The highest BCUT2D eigenvalue weighted by atomic mass is 16.5. The summed E-state index contributed by atoms with van der Waals surface area (Å²) in [5.41, 5.74) is 7.36. The first-order valence-electron chi connectivity index (χ1n) is 7.01. The van der Waals surface area contributed by atoms with Crippen LogP contribution in [0.5, 0.6) is 0 Å². The van der Waals surface area contributed by atoms with Crippen LogP contribution in [0.25, 0.3) is 0 Å². The number of methoxy groups -OCH3 is 1. The molecule has 1 rings (SSSR count). The molecule has 0 amide bonds. The molecule has 0 fully saturated rings. The van der Waals surface area contributed by atoms with Gasteiger partial charge in [0.25, 0.3) is 0 Å². The molecule has 0 aliphatic heterocycles. The third-order valence-corrected chi connectivity index (χ3v) is 3.22. The maximum Gasteiger partial charge on any atom is 0.0589 e. The van der Waals surface area contributed by atoms with Crippen LogP contribution in [0.4, 0.5) is 0 Å². The number of ether oxygens (including phenoxy) is 1. The number of rotatable bonds is 8. The molecular formula is C16H28N2O. The molecule has 0 saturated carbocycles. The van der Waals surface area contributed by atoms with Crippen LogP contribution in [0.1, 0.15) is 26.3 Å². The van der Waals surface area contributed by atoms with E-state index in [1.807, 2.05) is 18.2 Å². The van der Waals surface area contributed by atoms with Crippen molar-refractivity contribution in [3.63, 3.8) is 0 Å². The first kappa shape index (κ1) is 16.2. The Hall–Kier alpha value is -0.900. The summed E-state index contributed by atoms with van der Waals surface area (Å²) in [6, 6.07) is 10.3. The number of nitrogens with zero attached hydrogens (tertiary/aromatic N) is 1. The molecule has 108 valence electrons. The van der Waals surface area contributed by atoms with Crippen LogP contribution < -0.4 is 5.73 Å². The van der Waals surface area contributed by atoms with Crippen molar-refractivity contribution in [2.45, 2.75) is 26.3 Å². The second-order valence-corrected chi connectivity index (χ2v) is 5.91. The minimum atomic E-state index is -0.329. The van der Waals surface area contributed by atoms with Crippen LogP contribution in [0.2, 0.25) is 0 Å². The van der Waals surface area contributed by atoms with Crippen LogP contribution in [-0.2, 0) is 10.3 Å². The van der Waals surface area contributed by atoms with Gasteiger partial charge in [-0.05, 0) is 18.4 Å². The molecule has 0 radical (unpaired) electrons. The van der Waals surface area contributed by atoms with E-state index in [0.29, 0.717) is 5.92 Å². The number of hydrogen-bond donors (Lipinski definition) is 1. The second kappa shape index (κ2) is 7.63. The second-order valence-electron chi connectivity index (χ2n) is 5.91.